The van der Waals surface area contributed by atoms with E-state index in [1.54, 1.807) is 0 Å². The molecule has 116 valence electrons. The molecule has 1 aromatic rings. The van der Waals surface area contributed by atoms with Crippen LogP contribution in [0.3, 0.4) is 0 Å². The van der Waals surface area contributed by atoms with Crippen molar-refractivity contribution < 1.29 is 9.90 Å². The molecule has 1 aromatic carbocycles. The van der Waals surface area contributed by atoms with Crippen molar-refractivity contribution in [2.45, 2.75) is 64.5 Å². The third kappa shape index (κ3) is 4.57. The summed E-state index contributed by atoms with van der Waals surface area (Å²) in [5.74, 6) is -0.764. The van der Waals surface area contributed by atoms with E-state index >= 15 is 0 Å². The summed E-state index contributed by atoms with van der Waals surface area (Å²) in [7, 11) is 0. The number of aliphatic carboxylic acids is 1. The number of nitrogens with one attached hydrogen (secondary N) is 1. The van der Waals surface area contributed by atoms with Gasteiger partial charge in [0.25, 0.3) is 0 Å². The van der Waals surface area contributed by atoms with Crippen molar-refractivity contribution in [3.05, 3.63) is 35.4 Å². The molecular formula is C18H27NO2. The number of hydrogen-bond donors (Lipinski definition) is 2. The maximum atomic E-state index is 11.0. The van der Waals surface area contributed by atoms with Crippen molar-refractivity contribution in [2.24, 2.45) is 5.92 Å². The zero-order valence-corrected chi connectivity index (χ0v) is 13.1. The fourth-order valence-electron chi connectivity index (χ4n) is 3.22. The van der Waals surface area contributed by atoms with Gasteiger partial charge in [0, 0.05) is 12.1 Å². The second-order valence-corrected chi connectivity index (χ2v) is 6.27. The molecule has 0 heterocycles. The Labute approximate surface area is 127 Å². The van der Waals surface area contributed by atoms with Crippen LogP contribution in [0, 0.1) is 5.92 Å². The first-order valence-corrected chi connectivity index (χ1v) is 8.17. The molecule has 1 fully saturated rings. The molecule has 1 atom stereocenters. The lowest BCUT2D eigenvalue weighted by molar-refractivity contribution is -0.142. The highest BCUT2D eigenvalue weighted by atomic mass is 16.4. The molecule has 0 saturated heterocycles. The van der Waals surface area contributed by atoms with Gasteiger partial charge in [-0.3, -0.25) is 4.79 Å². The number of carbonyl (C=O) groups is 1. The van der Waals surface area contributed by atoms with Crippen LogP contribution in [0.25, 0.3) is 0 Å². The van der Waals surface area contributed by atoms with Crippen LogP contribution < -0.4 is 5.32 Å². The molecule has 0 amide bonds. The first kappa shape index (κ1) is 16.0. The van der Waals surface area contributed by atoms with Gasteiger partial charge in [0.15, 0.2) is 0 Å². The van der Waals surface area contributed by atoms with Crippen molar-refractivity contribution in [2.75, 3.05) is 0 Å². The summed E-state index contributed by atoms with van der Waals surface area (Å²) >= 11 is 0. The van der Waals surface area contributed by atoms with Crippen molar-refractivity contribution in [1.29, 1.82) is 0 Å². The first-order chi connectivity index (χ1) is 10.1. The number of carboxylic acids is 1. The molecule has 1 unspecified atom stereocenters. The lowest BCUT2D eigenvalue weighted by Crippen LogP contribution is -2.36. The Morgan fingerprint density at radius 3 is 2.38 bits per heavy atom. The van der Waals surface area contributed by atoms with E-state index in [2.05, 4.69) is 43.4 Å². The molecule has 1 saturated carbocycles. The van der Waals surface area contributed by atoms with Gasteiger partial charge in [-0.1, -0.05) is 37.6 Å². The first-order valence-electron chi connectivity index (χ1n) is 8.17. The Morgan fingerprint density at radius 2 is 1.86 bits per heavy atom. The minimum absolute atomic E-state index is 0.133. The Hall–Kier alpha value is -1.35. The van der Waals surface area contributed by atoms with Crippen LogP contribution in [0.4, 0.5) is 0 Å². The van der Waals surface area contributed by atoms with Crippen LogP contribution in [0.5, 0.6) is 0 Å². The quantitative estimate of drug-likeness (QED) is 0.834. The second-order valence-electron chi connectivity index (χ2n) is 6.27. The summed E-state index contributed by atoms with van der Waals surface area (Å²) < 4.78 is 0. The van der Waals surface area contributed by atoms with Gasteiger partial charge in [0.05, 0.1) is 5.92 Å². The Morgan fingerprint density at radius 1 is 1.24 bits per heavy atom. The Balaban J connectivity index is 1.84. The largest absolute Gasteiger partial charge is 0.481 e. The van der Waals surface area contributed by atoms with Crippen LogP contribution in [-0.2, 0) is 11.2 Å². The average Bonchev–Trinajstić information content (AvgIpc) is 2.49. The SMILES string of the molecule is CCCc1ccc(C(C)NC2CCC(C(=O)O)CC2)cc1. The molecule has 1 aliphatic carbocycles. The fraction of sp³-hybridized carbons (Fsp3) is 0.611. The molecule has 2 rings (SSSR count). The number of aryl methyl sites for hydroxylation is 1. The Kier molecular flexibility index (Phi) is 5.80. The summed E-state index contributed by atoms with van der Waals surface area (Å²) in [6.45, 7) is 4.39. The standard InChI is InChI=1S/C18H27NO2/c1-3-4-14-5-7-15(8-6-14)13(2)19-17-11-9-16(10-12-17)18(20)21/h5-8,13,16-17,19H,3-4,9-12H2,1-2H3,(H,20,21). The van der Waals surface area contributed by atoms with E-state index in [1.165, 1.54) is 17.5 Å². The molecule has 0 bridgehead atoms. The van der Waals surface area contributed by atoms with Crippen LogP contribution in [-0.4, -0.2) is 17.1 Å². The van der Waals surface area contributed by atoms with E-state index in [-0.39, 0.29) is 5.92 Å². The monoisotopic (exact) mass is 289 g/mol. The maximum Gasteiger partial charge on any atom is 0.306 e. The van der Waals surface area contributed by atoms with Gasteiger partial charge in [-0.15, -0.1) is 0 Å². The van der Waals surface area contributed by atoms with Gasteiger partial charge in [-0.2, -0.15) is 0 Å². The summed E-state index contributed by atoms with van der Waals surface area (Å²) in [4.78, 5) is 11.0. The summed E-state index contributed by atoms with van der Waals surface area (Å²) in [5.41, 5.74) is 2.71. The number of carboxylic acid groups (broad SMARTS) is 1. The van der Waals surface area contributed by atoms with Crippen molar-refractivity contribution in [3.63, 3.8) is 0 Å². The minimum atomic E-state index is -0.631. The van der Waals surface area contributed by atoms with Crippen molar-refractivity contribution in [1.82, 2.24) is 5.32 Å². The molecule has 0 aromatic heterocycles. The topological polar surface area (TPSA) is 49.3 Å². The summed E-state index contributed by atoms with van der Waals surface area (Å²) in [6.07, 6.45) is 5.86. The van der Waals surface area contributed by atoms with Crippen LogP contribution in [0.2, 0.25) is 0 Å². The number of rotatable bonds is 6. The molecule has 0 radical (unpaired) electrons. The van der Waals surface area contributed by atoms with E-state index in [4.69, 9.17) is 5.11 Å². The zero-order valence-electron chi connectivity index (χ0n) is 13.1. The molecule has 3 nitrogen and oxygen atoms in total. The normalized spacial score (nSPS) is 23.7. The predicted octanol–water partition coefficient (Wildman–Crippen LogP) is 3.93. The molecule has 21 heavy (non-hydrogen) atoms. The van der Waals surface area contributed by atoms with Gasteiger partial charge in [-0.05, 0) is 50.2 Å². The Bertz CT molecular complexity index is 447. The molecular weight excluding hydrogens is 262 g/mol. The van der Waals surface area contributed by atoms with E-state index in [0.717, 1.165) is 32.1 Å². The maximum absolute atomic E-state index is 11.0. The third-order valence-corrected chi connectivity index (χ3v) is 4.58. The third-order valence-electron chi connectivity index (χ3n) is 4.58. The molecule has 0 aliphatic heterocycles. The lowest BCUT2D eigenvalue weighted by Gasteiger charge is -2.29. The van der Waals surface area contributed by atoms with Gasteiger partial charge in [0.2, 0.25) is 0 Å². The predicted molar refractivity (Wildman–Crippen MR) is 85.4 cm³/mol. The van der Waals surface area contributed by atoms with Crippen molar-refractivity contribution in [3.8, 4) is 0 Å². The van der Waals surface area contributed by atoms with E-state index < -0.39 is 5.97 Å². The second kappa shape index (κ2) is 7.60. The van der Waals surface area contributed by atoms with Gasteiger partial charge >= 0.3 is 5.97 Å². The van der Waals surface area contributed by atoms with Gasteiger partial charge < -0.3 is 10.4 Å². The van der Waals surface area contributed by atoms with Gasteiger partial charge in [-0.25, -0.2) is 0 Å². The summed E-state index contributed by atoms with van der Waals surface area (Å²) in [5, 5.41) is 12.7. The zero-order chi connectivity index (χ0) is 15.2. The number of hydrogen-bond acceptors (Lipinski definition) is 2. The molecule has 1 aliphatic rings. The van der Waals surface area contributed by atoms with Crippen LogP contribution in [0.15, 0.2) is 24.3 Å². The highest BCUT2D eigenvalue weighted by Crippen LogP contribution is 2.26. The molecule has 0 spiro atoms. The van der Waals surface area contributed by atoms with Crippen LogP contribution >= 0.6 is 0 Å². The molecule has 3 heteroatoms. The highest BCUT2D eigenvalue weighted by molar-refractivity contribution is 5.70. The smallest absolute Gasteiger partial charge is 0.306 e. The summed E-state index contributed by atoms with van der Waals surface area (Å²) in [6, 6.07) is 9.64. The van der Waals surface area contributed by atoms with Gasteiger partial charge in [0.1, 0.15) is 0 Å². The fourth-order valence-corrected chi connectivity index (χ4v) is 3.22. The van der Waals surface area contributed by atoms with E-state index in [9.17, 15) is 4.79 Å². The minimum Gasteiger partial charge on any atom is -0.481 e. The molecule has 2 N–H and O–H groups in total. The highest BCUT2D eigenvalue weighted by Gasteiger charge is 2.26. The van der Waals surface area contributed by atoms with Crippen molar-refractivity contribution >= 4 is 5.97 Å². The van der Waals surface area contributed by atoms with E-state index in [1.807, 2.05) is 0 Å². The number of benzene rings is 1. The lowest BCUT2D eigenvalue weighted by atomic mass is 9.85. The van der Waals surface area contributed by atoms with E-state index in [0.29, 0.717) is 12.1 Å². The van der Waals surface area contributed by atoms with Crippen LogP contribution in [0.1, 0.15) is 63.1 Å². The average molecular weight is 289 g/mol.